The number of carbonyl (C=O) groups is 2. The second kappa shape index (κ2) is 6.96. The molecule has 2 aromatic carbocycles. The van der Waals surface area contributed by atoms with Crippen LogP contribution in [-0.4, -0.2) is 12.1 Å². The van der Waals surface area contributed by atoms with Gasteiger partial charge < -0.3 is 11.5 Å². The lowest BCUT2D eigenvalue weighted by Crippen LogP contribution is -1.91. The molecule has 19 heavy (non-hydrogen) atoms. The van der Waals surface area contributed by atoms with E-state index in [1.54, 1.807) is 48.5 Å². The molecule has 0 saturated heterocycles. The van der Waals surface area contributed by atoms with Crippen molar-refractivity contribution < 1.29 is 9.59 Å². The van der Waals surface area contributed by atoms with Crippen molar-refractivity contribution in [2.75, 3.05) is 11.5 Å². The molecule has 0 amide bonds. The van der Waals surface area contributed by atoms with E-state index in [1.165, 1.54) is 6.92 Å². The first-order valence-corrected chi connectivity index (χ1v) is 5.70. The minimum absolute atomic E-state index is 0.0694. The van der Waals surface area contributed by atoms with Crippen molar-refractivity contribution >= 4 is 23.4 Å². The van der Waals surface area contributed by atoms with Gasteiger partial charge in [0.05, 0.1) is 0 Å². The molecule has 0 aliphatic heterocycles. The molecule has 0 aliphatic rings. The molecule has 98 valence electrons. The first-order chi connectivity index (χ1) is 9.02. The van der Waals surface area contributed by atoms with Crippen LogP contribution in [0.5, 0.6) is 0 Å². The van der Waals surface area contributed by atoms with Crippen LogP contribution in [0.4, 0.5) is 11.4 Å². The van der Waals surface area contributed by atoms with Gasteiger partial charge in [-0.3, -0.25) is 9.59 Å². The number of ketones is 1. The molecule has 0 aliphatic carbocycles. The molecule has 0 radical (unpaired) electrons. The van der Waals surface area contributed by atoms with Crippen LogP contribution in [0.1, 0.15) is 27.6 Å². The fraction of sp³-hybridized carbons (Fsp3) is 0.0667. The Labute approximate surface area is 112 Å². The van der Waals surface area contributed by atoms with Crippen molar-refractivity contribution in [2.24, 2.45) is 0 Å². The fourth-order valence-corrected chi connectivity index (χ4v) is 1.29. The van der Waals surface area contributed by atoms with E-state index < -0.39 is 0 Å². The average molecular weight is 256 g/mol. The highest BCUT2D eigenvalue weighted by molar-refractivity contribution is 5.94. The predicted molar refractivity (Wildman–Crippen MR) is 77.1 cm³/mol. The van der Waals surface area contributed by atoms with Crippen LogP contribution in [0, 0.1) is 0 Å². The molecule has 2 rings (SSSR count). The van der Waals surface area contributed by atoms with E-state index >= 15 is 0 Å². The zero-order valence-electron chi connectivity index (χ0n) is 10.7. The molecular weight excluding hydrogens is 240 g/mol. The maximum Gasteiger partial charge on any atom is 0.159 e. The summed E-state index contributed by atoms with van der Waals surface area (Å²) in [4.78, 5) is 20.8. The Balaban J connectivity index is 0.000000191. The third kappa shape index (κ3) is 5.04. The number of hydrogen-bond donors (Lipinski definition) is 2. The summed E-state index contributed by atoms with van der Waals surface area (Å²) in [6.45, 7) is 1.53. The summed E-state index contributed by atoms with van der Waals surface area (Å²) in [6.07, 6.45) is 0.791. The second-order valence-corrected chi connectivity index (χ2v) is 3.96. The van der Waals surface area contributed by atoms with E-state index in [9.17, 15) is 9.59 Å². The highest BCUT2D eigenvalue weighted by Crippen LogP contribution is 2.05. The van der Waals surface area contributed by atoms with Crippen molar-refractivity contribution in [3.63, 3.8) is 0 Å². The molecule has 0 atom stereocenters. The standard InChI is InChI=1S/C8H9NO.C7H7NO/c1-6(10)7-2-4-8(9)5-3-7;8-7-3-1-6(5-9)2-4-7/h2-5H,9H2,1H3;1-5H,8H2. The Morgan fingerprint density at radius 1 is 0.895 bits per heavy atom. The first kappa shape index (κ1) is 14.4. The van der Waals surface area contributed by atoms with Gasteiger partial charge in [-0.15, -0.1) is 0 Å². The van der Waals surface area contributed by atoms with Gasteiger partial charge in [-0.2, -0.15) is 0 Å². The number of Topliss-reactive ketones (excluding diaryl/α,β-unsaturated/α-hetero) is 1. The van der Waals surface area contributed by atoms with Crippen LogP contribution in [-0.2, 0) is 0 Å². The minimum Gasteiger partial charge on any atom is -0.399 e. The normalized spacial score (nSPS) is 9.11. The second-order valence-electron chi connectivity index (χ2n) is 3.96. The van der Waals surface area contributed by atoms with Gasteiger partial charge in [-0.05, 0) is 55.5 Å². The van der Waals surface area contributed by atoms with Gasteiger partial charge in [0.15, 0.2) is 5.78 Å². The third-order valence-electron chi connectivity index (χ3n) is 2.39. The van der Waals surface area contributed by atoms with Crippen LogP contribution in [0.15, 0.2) is 48.5 Å². The number of aldehydes is 1. The molecule has 0 aromatic heterocycles. The van der Waals surface area contributed by atoms with Gasteiger partial charge in [0, 0.05) is 22.5 Å². The third-order valence-corrected chi connectivity index (χ3v) is 2.39. The van der Waals surface area contributed by atoms with Gasteiger partial charge >= 0.3 is 0 Å². The summed E-state index contributed by atoms with van der Waals surface area (Å²) in [6, 6.07) is 13.6. The van der Waals surface area contributed by atoms with Crippen LogP contribution in [0.3, 0.4) is 0 Å². The van der Waals surface area contributed by atoms with Crippen LogP contribution < -0.4 is 11.5 Å². The molecular formula is C15H16N2O2. The largest absolute Gasteiger partial charge is 0.399 e. The lowest BCUT2D eigenvalue weighted by Gasteiger charge is -1.94. The van der Waals surface area contributed by atoms with Gasteiger partial charge in [-0.1, -0.05) is 0 Å². The van der Waals surface area contributed by atoms with Crippen LogP contribution >= 0.6 is 0 Å². The van der Waals surface area contributed by atoms with Gasteiger partial charge in [0.2, 0.25) is 0 Å². The van der Waals surface area contributed by atoms with Crippen molar-refractivity contribution in [1.82, 2.24) is 0 Å². The highest BCUT2D eigenvalue weighted by atomic mass is 16.1. The summed E-state index contributed by atoms with van der Waals surface area (Å²) in [5.74, 6) is 0.0694. The molecule has 4 N–H and O–H groups in total. The molecule has 0 unspecified atom stereocenters. The highest BCUT2D eigenvalue weighted by Gasteiger charge is 1.95. The van der Waals surface area contributed by atoms with Crippen molar-refractivity contribution in [1.29, 1.82) is 0 Å². The monoisotopic (exact) mass is 256 g/mol. The van der Waals surface area contributed by atoms with E-state index in [1.807, 2.05) is 0 Å². The number of nitrogen functional groups attached to an aromatic ring is 2. The van der Waals surface area contributed by atoms with E-state index in [0.717, 1.165) is 6.29 Å². The summed E-state index contributed by atoms with van der Waals surface area (Å²) < 4.78 is 0. The summed E-state index contributed by atoms with van der Waals surface area (Å²) in [5.41, 5.74) is 13.5. The SMILES string of the molecule is CC(=O)c1ccc(N)cc1.Nc1ccc(C=O)cc1. The number of carbonyl (C=O) groups excluding carboxylic acids is 2. The molecule has 0 fully saturated rings. The Bertz CT molecular complexity index is 545. The minimum atomic E-state index is 0.0694. The quantitative estimate of drug-likeness (QED) is 0.491. The summed E-state index contributed by atoms with van der Waals surface area (Å²) in [5, 5.41) is 0. The lowest BCUT2D eigenvalue weighted by atomic mass is 10.1. The molecule has 0 saturated carbocycles. The molecule has 0 spiro atoms. The number of benzene rings is 2. The zero-order valence-corrected chi connectivity index (χ0v) is 10.7. The molecule has 0 bridgehead atoms. The van der Waals surface area contributed by atoms with E-state index in [4.69, 9.17) is 11.5 Å². The molecule has 4 nitrogen and oxygen atoms in total. The molecule has 2 aromatic rings. The van der Waals surface area contributed by atoms with E-state index in [0.29, 0.717) is 22.5 Å². The average Bonchev–Trinajstić information content (AvgIpc) is 2.41. The summed E-state index contributed by atoms with van der Waals surface area (Å²) in [7, 11) is 0. The number of rotatable bonds is 2. The number of hydrogen-bond acceptors (Lipinski definition) is 4. The molecule has 0 heterocycles. The Hall–Kier alpha value is -2.62. The number of nitrogens with two attached hydrogens (primary N) is 2. The van der Waals surface area contributed by atoms with E-state index in [-0.39, 0.29) is 5.78 Å². The maximum absolute atomic E-state index is 10.7. The van der Waals surface area contributed by atoms with E-state index in [2.05, 4.69) is 0 Å². The fourth-order valence-electron chi connectivity index (χ4n) is 1.29. The summed E-state index contributed by atoms with van der Waals surface area (Å²) >= 11 is 0. The predicted octanol–water partition coefficient (Wildman–Crippen LogP) is 2.55. The zero-order chi connectivity index (χ0) is 14.3. The van der Waals surface area contributed by atoms with Crippen LogP contribution in [0.2, 0.25) is 0 Å². The topological polar surface area (TPSA) is 86.2 Å². The van der Waals surface area contributed by atoms with Gasteiger partial charge in [-0.25, -0.2) is 0 Å². The van der Waals surface area contributed by atoms with Crippen molar-refractivity contribution in [3.8, 4) is 0 Å². The Morgan fingerprint density at radius 2 is 1.32 bits per heavy atom. The maximum atomic E-state index is 10.7. The number of anilines is 2. The smallest absolute Gasteiger partial charge is 0.159 e. The van der Waals surface area contributed by atoms with Crippen molar-refractivity contribution in [3.05, 3.63) is 59.7 Å². The van der Waals surface area contributed by atoms with Crippen molar-refractivity contribution in [2.45, 2.75) is 6.92 Å². The lowest BCUT2D eigenvalue weighted by molar-refractivity contribution is 0.101. The Morgan fingerprint density at radius 3 is 1.68 bits per heavy atom. The first-order valence-electron chi connectivity index (χ1n) is 5.70. The van der Waals surface area contributed by atoms with Gasteiger partial charge in [0.25, 0.3) is 0 Å². The molecule has 4 heteroatoms. The van der Waals surface area contributed by atoms with Crippen LogP contribution in [0.25, 0.3) is 0 Å². The Kier molecular flexibility index (Phi) is 5.29. The van der Waals surface area contributed by atoms with Gasteiger partial charge in [0.1, 0.15) is 6.29 Å².